The molecule has 7 heteroatoms. The lowest BCUT2D eigenvalue weighted by molar-refractivity contribution is -0.258. The average Bonchev–Trinajstić information content (AvgIpc) is 2.38. The number of hydrogen-bond acceptors (Lipinski definition) is 6. The van der Waals surface area contributed by atoms with Gasteiger partial charge in [0.15, 0.2) is 6.29 Å². The first-order valence-corrected chi connectivity index (χ1v) is 6.89. The van der Waals surface area contributed by atoms with Crippen LogP contribution in [-0.4, -0.2) is 65.1 Å². The molecule has 20 heavy (non-hydrogen) atoms. The Morgan fingerprint density at radius 2 is 2.05 bits per heavy atom. The largest absolute Gasteiger partial charge is 0.394 e. The lowest BCUT2D eigenvalue weighted by Gasteiger charge is -2.36. The third kappa shape index (κ3) is 4.99. The third-order valence-electron chi connectivity index (χ3n) is 3.13. The SMILES string of the molecule is CC(C)NC(=O)C(C)COC1C[C@@H](O)C(O)C(CO)O1. The summed E-state index contributed by atoms with van der Waals surface area (Å²) in [6.07, 6.45) is -3.63. The van der Waals surface area contributed by atoms with Gasteiger partial charge < -0.3 is 30.1 Å². The highest BCUT2D eigenvalue weighted by Crippen LogP contribution is 2.21. The van der Waals surface area contributed by atoms with Gasteiger partial charge in [-0.2, -0.15) is 0 Å². The molecule has 4 N–H and O–H groups in total. The van der Waals surface area contributed by atoms with Crippen molar-refractivity contribution in [1.29, 1.82) is 0 Å². The van der Waals surface area contributed by atoms with Crippen molar-refractivity contribution in [1.82, 2.24) is 5.32 Å². The van der Waals surface area contributed by atoms with Gasteiger partial charge in [-0.05, 0) is 13.8 Å². The second-order valence-corrected chi connectivity index (χ2v) is 5.48. The quantitative estimate of drug-likeness (QED) is 0.499. The number of aliphatic hydroxyl groups is 3. The minimum atomic E-state index is -1.12. The first kappa shape index (κ1) is 17.3. The Bertz CT molecular complexity index is 311. The van der Waals surface area contributed by atoms with Crippen molar-refractivity contribution in [2.24, 2.45) is 5.92 Å². The van der Waals surface area contributed by atoms with Gasteiger partial charge in [0, 0.05) is 12.5 Å². The zero-order chi connectivity index (χ0) is 15.3. The molecule has 0 saturated carbocycles. The van der Waals surface area contributed by atoms with Crippen molar-refractivity contribution in [2.75, 3.05) is 13.2 Å². The standard InChI is InChI=1S/C13H25NO6/c1-7(2)14-13(18)8(3)6-19-11-4-9(16)12(17)10(5-15)20-11/h7-12,15-17H,4-6H2,1-3H3,(H,14,18)/t8?,9-,10?,11?,12?/m1/s1. The third-order valence-corrected chi connectivity index (χ3v) is 3.13. The summed E-state index contributed by atoms with van der Waals surface area (Å²) in [7, 11) is 0. The first-order chi connectivity index (χ1) is 9.35. The average molecular weight is 291 g/mol. The molecule has 0 spiro atoms. The van der Waals surface area contributed by atoms with E-state index < -0.39 is 31.2 Å². The molecule has 1 saturated heterocycles. The summed E-state index contributed by atoms with van der Waals surface area (Å²) in [5.74, 6) is -0.465. The van der Waals surface area contributed by atoms with E-state index in [1.807, 2.05) is 13.8 Å². The van der Waals surface area contributed by atoms with Gasteiger partial charge in [0.25, 0.3) is 0 Å². The van der Waals surface area contributed by atoms with Gasteiger partial charge in [-0.25, -0.2) is 0 Å². The second kappa shape index (κ2) is 7.90. The van der Waals surface area contributed by atoms with Crippen molar-refractivity contribution in [2.45, 2.75) is 57.8 Å². The zero-order valence-corrected chi connectivity index (χ0v) is 12.2. The maximum atomic E-state index is 11.7. The number of aliphatic hydroxyl groups excluding tert-OH is 3. The van der Waals surface area contributed by atoms with Crippen LogP contribution in [0.5, 0.6) is 0 Å². The second-order valence-electron chi connectivity index (χ2n) is 5.48. The molecule has 118 valence electrons. The molecule has 5 atom stereocenters. The summed E-state index contributed by atoms with van der Waals surface area (Å²) in [4.78, 5) is 11.7. The van der Waals surface area contributed by atoms with Gasteiger partial charge in [-0.15, -0.1) is 0 Å². The summed E-state index contributed by atoms with van der Waals surface area (Å²) in [5.41, 5.74) is 0. The fraction of sp³-hybridized carbons (Fsp3) is 0.923. The van der Waals surface area contributed by atoms with Crippen LogP contribution >= 0.6 is 0 Å². The Morgan fingerprint density at radius 1 is 1.40 bits per heavy atom. The van der Waals surface area contributed by atoms with E-state index in [1.165, 1.54) is 0 Å². The molecule has 0 aliphatic carbocycles. The Balaban J connectivity index is 2.39. The molecule has 0 aromatic rings. The van der Waals surface area contributed by atoms with E-state index in [4.69, 9.17) is 14.6 Å². The maximum Gasteiger partial charge on any atom is 0.225 e. The lowest BCUT2D eigenvalue weighted by atomic mass is 10.0. The lowest BCUT2D eigenvalue weighted by Crippen LogP contribution is -2.50. The number of carbonyl (C=O) groups is 1. The molecular weight excluding hydrogens is 266 g/mol. The fourth-order valence-corrected chi connectivity index (χ4v) is 1.93. The molecule has 0 bridgehead atoms. The van der Waals surface area contributed by atoms with Gasteiger partial charge in [0.1, 0.15) is 12.2 Å². The van der Waals surface area contributed by atoms with Crippen molar-refractivity contribution in [3.63, 3.8) is 0 Å². The Kier molecular flexibility index (Phi) is 6.84. The molecule has 0 aromatic heterocycles. The summed E-state index contributed by atoms with van der Waals surface area (Å²) in [6, 6.07) is 0.0617. The number of carbonyl (C=O) groups excluding carboxylic acids is 1. The molecule has 7 nitrogen and oxygen atoms in total. The molecule has 1 fully saturated rings. The van der Waals surface area contributed by atoms with Crippen LogP contribution in [0.2, 0.25) is 0 Å². The highest BCUT2D eigenvalue weighted by Gasteiger charge is 2.37. The van der Waals surface area contributed by atoms with E-state index in [2.05, 4.69) is 5.32 Å². The summed E-state index contributed by atoms with van der Waals surface area (Å²) >= 11 is 0. The molecule has 4 unspecified atom stereocenters. The summed E-state index contributed by atoms with van der Waals surface area (Å²) in [5, 5.41) is 31.0. The van der Waals surface area contributed by atoms with Crippen LogP contribution in [0.15, 0.2) is 0 Å². The van der Waals surface area contributed by atoms with Crippen LogP contribution in [0.1, 0.15) is 27.2 Å². The van der Waals surface area contributed by atoms with E-state index >= 15 is 0 Å². The predicted molar refractivity (Wildman–Crippen MR) is 70.8 cm³/mol. The van der Waals surface area contributed by atoms with E-state index in [0.717, 1.165) is 0 Å². The van der Waals surface area contributed by atoms with E-state index in [0.29, 0.717) is 0 Å². The van der Waals surface area contributed by atoms with Gasteiger partial charge in [-0.1, -0.05) is 6.92 Å². The molecule has 1 rings (SSSR count). The number of nitrogens with one attached hydrogen (secondary N) is 1. The fourth-order valence-electron chi connectivity index (χ4n) is 1.93. The van der Waals surface area contributed by atoms with Crippen LogP contribution in [0.25, 0.3) is 0 Å². The van der Waals surface area contributed by atoms with E-state index in [1.54, 1.807) is 6.92 Å². The van der Waals surface area contributed by atoms with Crippen molar-refractivity contribution in [3.8, 4) is 0 Å². The van der Waals surface area contributed by atoms with Crippen LogP contribution in [-0.2, 0) is 14.3 Å². The molecule has 1 amide bonds. The minimum absolute atomic E-state index is 0.0617. The summed E-state index contributed by atoms with van der Waals surface area (Å²) in [6.45, 7) is 5.22. The molecule has 1 aliphatic rings. The minimum Gasteiger partial charge on any atom is -0.394 e. The summed E-state index contributed by atoms with van der Waals surface area (Å²) < 4.78 is 10.7. The highest BCUT2D eigenvalue weighted by atomic mass is 16.7. The van der Waals surface area contributed by atoms with E-state index in [-0.39, 0.29) is 30.9 Å². The monoisotopic (exact) mass is 291 g/mol. The normalized spacial score (nSPS) is 32.1. The van der Waals surface area contributed by atoms with Gasteiger partial charge in [0.2, 0.25) is 5.91 Å². The van der Waals surface area contributed by atoms with Crippen molar-refractivity contribution in [3.05, 3.63) is 0 Å². The highest BCUT2D eigenvalue weighted by molar-refractivity contribution is 5.78. The number of rotatable bonds is 6. The molecular formula is C13H25NO6. The molecule has 1 aliphatic heterocycles. The van der Waals surface area contributed by atoms with Gasteiger partial charge >= 0.3 is 0 Å². The van der Waals surface area contributed by atoms with Crippen LogP contribution in [0.4, 0.5) is 0 Å². The number of ether oxygens (including phenoxy) is 2. The maximum absolute atomic E-state index is 11.7. The van der Waals surface area contributed by atoms with Crippen LogP contribution < -0.4 is 5.32 Å². The predicted octanol–water partition coefficient (Wildman–Crippen LogP) is -1.01. The molecule has 0 aromatic carbocycles. The smallest absolute Gasteiger partial charge is 0.225 e. The Morgan fingerprint density at radius 3 is 2.60 bits per heavy atom. The van der Waals surface area contributed by atoms with E-state index in [9.17, 15) is 15.0 Å². The topological polar surface area (TPSA) is 108 Å². The number of hydrogen-bond donors (Lipinski definition) is 4. The van der Waals surface area contributed by atoms with Crippen molar-refractivity contribution >= 4 is 5.91 Å². The zero-order valence-electron chi connectivity index (χ0n) is 12.2. The van der Waals surface area contributed by atoms with Crippen molar-refractivity contribution < 1.29 is 29.6 Å². The Labute approximate surface area is 118 Å². The molecule has 0 radical (unpaired) electrons. The molecule has 1 heterocycles. The van der Waals surface area contributed by atoms with Crippen LogP contribution in [0.3, 0.4) is 0 Å². The first-order valence-electron chi connectivity index (χ1n) is 6.89. The van der Waals surface area contributed by atoms with Crippen LogP contribution in [0, 0.1) is 5.92 Å². The van der Waals surface area contributed by atoms with Gasteiger partial charge in [0.05, 0.1) is 25.2 Å². The van der Waals surface area contributed by atoms with Gasteiger partial charge in [-0.3, -0.25) is 4.79 Å². The number of amides is 1. The Hall–Kier alpha value is -0.730.